The average Bonchev–Trinajstić information content (AvgIpc) is 3.32. The molecular formula is C27H42O4. The third-order valence-electron chi connectivity index (χ3n) is 11.5. The fourth-order valence-electron chi connectivity index (χ4n) is 9.79. The Hall–Kier alpha value is -0.420. The van der Waals surface area contributed by atoms with E-state index in [-0.39, 0.29) is 12.7 Å². The lowest BCUT2D eigenvalue weighted by Crippen LogP contribution is -2.52. The highest BCUT2D eigenvalue weighted by Crippen LogP contribution is 2.71. The molecule has 0 amide bonds. The molecule has 1 spiro atoms. The van der Waals surface area contributed by atoms with E-state index in [0.717, 1.165) is 49.9 Å². The van der Waals surface area contributed by atoms with Gasteiger partial charge in [0.2, 0.25) is 0 Å². The molecule has 31 heavy (non-hydrogen) atoms. The van der Waals surface area contributed by atoms with Crippen molar-refractivity contribution in [3.05, 3.63) is 11.6 Å². The van der Waals surface area contributed by atoms with E-state index >= 15 is 0 Å². The van der Waals surface area contributed by atoms with E-state index in [1.807, 2.05) is 6.92 Å². The summed E-state index contributed by atoms with van der Waals surface area (Å²) < 4.78 is 13.4. The van der Waals surface area contributed by atoms with Gasteiger partial charge in [-0.15, -0.1) is 0 Å². The molecule has 2 heterocycles. The summed E-state index contributed by atoms with van der Waals surface area (Å²) in [7, 11) is 0. The molecule has 5 fully saturated rings. The molecule has 11 atom stereocenters. The van der Waals surface area contributed by atoms with Gasteiger partial charge in [0.05, 0.1) is 24.4 Å². The van der Waals surface area contributed by atoms with Crippen molar-refractivity contribution < 1.29 is 19.7 Å². The summed E-state index contributed by atoms with van der Waals surface area (Å²) in [5.74, 6) is 2.71. The molecule has 3 saturated carbocycles. The summed E-state index contributed by atoms with van der Waals surface area (Å²) in [5.41, 5.74) is 1.73. The Morgan fingerprint density at radius 1 is 1.06 bits per heavy atom. The van der Waals surface area contributed by atoms with Crippen molar-refractivity contribution in [1.82, 2.24) is 0 Å². The molecule has 2 saturated heterocycles. The summed E-state index contributed by atoms with van der Waals surface area (Å²) in [6, 6.07) is 0. The number of ether oxygens (including phenoxy) is 2. The first-order chi connectivity index (χ1) is 14.6. The Balaban J connectivity index is 1.28. The molecule has 0 bridgehead atoms. The topological polar surface area (TPSA) is 58.9 Å². The highest BCUT2D eigenvalue weighted by atomic mass is 16.7. The molecule has 0 aromatic carbocycles. The van der Waals surface area contributed by atoms with Crippen LogP contribution in [-0.4, -0.2) is 40.4 Å². The van der Waals surface area contributed by atoms with Gasteiger partial charge in [-0.05, 0) is 92.8 Å². The van der Waals surface area contributed by atoms with Crippen LogP contribution in [0.4, 0.5) is 0 Å². The lowest BCUT2D eigenvalue weighted by Gasteiger charge is -2.58. The number of aliphatic hydroxyl groups excluding tert-OH is 2. The van der Waals surface area contributed by atoms with E-state index in [0.29, 0.717) is 28.8 Å². The van der Waals surface area contributed by atoms with Crippen LogP contribution in [0.25, 0.3) is 0 Å². The number of allylic oxidation sites excluding steroid dienone is 1. The maximum Gasteiger partial charge on any atom is 0.172 e. The molecule has 0 unspecified atom stereocenters. The van der Waals surface area contributed by atoms with Crippen LogP contribution in [0.2, 0.25) is 0 Å². The van der Waals surface area contributed by atoms with E-state index in [1.54, 1.807) is 5.57 Å². The van der Waals surface area contributed by atoms with Crippen molar-refractivity contribution in [2.45, 2.75) is 109 Å². The Kier molecular flexibility index (Phi) is 4.49. The molecule has 2 aliphatic heterocycles. The van der Waals surface area contributed by atoms with Gasteiger partial charge in [-0.1, -0.05) is 32.4 Å². The van der Waals surface area contributed by atoms with Gasteiger partial charge in [0.25, 0.3) is 0 Å². The van der Waals surface area contributed by atoms with E-state index in [1.165, 1.54) is 25.7 Å². The van der Waals surface area contributed by atoms with Crippen LogP contribution in [0, 0.1) is 40.4 Å². The smallest absolute Gasteiger partial charge is 0.172 e. The standard InChI is InChI=1S/C27H42O4/c1-16-23-22(30-27(16)12-11-24(2,15-28)31-27)14-21-19-6-5-17-13-18(29)7-9-25(17,3)20(19)8-10-26(21,23)4/h5,16,18-23,28-29H,6-15H2,1-4H3/t16-,18-,19+,20-,21-,22-,23-,24-,25-,26-,27-/m0/s1. The number of hydrogen-bond acceptors (Lipinski definition) is 4. The van der Waals surface area contributed by atoms with Gasteiger partial charge in [-0.25, -0.2) is 0 Å². The fourth-order valence-corrected chi connectivity index (χ4v) is 9.79. The number of fused-ring (bicyclic) bond motifs is 7. The number of rotatable bonds is 1. The molecule has 4 aliphatic carbocycles. The third-order valence-corrected chi connectivity index (χ3v) is 11.5. The van der Waals surface area contributed by atoms with Crippen LogP contribution >= 0.6 is 0 Å². The van der Waals surface area contributed by atoms with Crippen molar-refractivity contribution in [2.75, 3.05) is 6.61 Å². The van der Waals surface area contributed by atoms with Gasteiger partial charge >= 0.3 is 0 Å². The minimum atomic E-state index is -0.483. The van der Waals surface area contributed by atoms with E-state index in [9.17, 15) is 10.2 Å². The van der Waals surface area contributed by atoms with Gasteiger partial charge in [-0.2, -0.15) is 0 Å². The lowest BCUT2D eigenvalue weighted by molar-refractivity contribution is -0.262. The van der Waals surface area contributed by atoms with Gasteiger partial charge in [-0.3, -0.25) is 0 Å². The SMILES string of the molecule is C[C@H]1[C@H]2[C@H](C[C@H]3[C@@H]4CC=C5C[C@@H](O)CC[C@]5(C)[C@H]4CC[C@]23C)O[C@]12CC[C@@](C)(CO)O2. The first kappa shape index (κ1) is 21.1. The van der Waals surface area contributed by atoms with Crippen LogP contribution in [0.5, 0.6) is 0 Å². The molecule has 4 heteroatoms. The van der Waals surface area contributed by atoms with Crippen LogP contribution < -0.4 is 0 Å². The van der Waals surface area contributed by atoms with E-state index in [2.05, 4.69) is 26.8 Å². The zero-order chi connectivity index (χ0) is 21.8. The van der Waals surface area contributed by atoms with Gasteiger partial charge in [0.1, 0.15) is 0 Å². The molecule has 0 radical (unpaired) electrons. The molecule has 6 aliphatic rings. The highest BCUT2D eigenvalue weighted by Gasteiger charge is 2.70. The van der Waals surface area contributed by atoms with E-state index in [4.69, 9.17) is 9.47 Å². The predicted octanol–water partition coefficient (Wildman–Crippen LogP) is 4.83. The van der Waals surface area contributed by atoms with Gasteiger partial charge in [0.15, 0.2) is 5.79 Å². The van der Waals surface area contributed by atoms with Gasteiger partial charge < -0.3 is 19.7 Å². The highest BCUT2D eigenvalue weighted by molar-refractivity contribution is 5.26. The summed E-state index contributed by atoms with van der Waals surface area (Å²) in [6.07, 6.45) is 12.5. The Morgan fingerprint density at radius 2 is 1.87 bits per heavy atom. The van der Waals surface area contributed by atoms with Crippen LogP contribution in [0.1, 0.15) is 85.5 Å². The van der Waals surface area contributed by atoms with Crippen molar-refractivity contribution in [2.24, 2.45) is 40.4 Å². The molecule has 174 valence electrons. The van der Waals surface area contributed by atoms with Crippen molar-refractivity contribution in [1.29, 1.82) is 0 Å². The van der Waals surface area contributed by atoms with Crippen molar-refractivity contribution >= 4 is 0 Å². The second-order valence-electron chi connectivity index (χ2n) is 12.9. The molecule has 0 aromatic rings. The van der Waals surface area contributed by atoms with Crippen molar-refractivity contribution in [3.63, 3.8) is 0 Å². The second-order valence-corrected chi connectivity index (χ2v) is 12.9. The molecule has 2 N–H and O–H groups in total. The first-order valence-corrected chi connectivity index (χ1v) is 13.0. The van der Waals surface area contributed by atoms with Crippen LogP contribution in [0.3, 0.4) is 0 Å². The minimum absolute atomic E-state index is 0.0752. The molecule has 4 nitrogen and oxygen atoms in total. The minimum Gasteiger partial charge on any atom is -0.393 e. The maximum absolute atomic E-state index is 10.3. The lowest BCUT2D eigenvalue weighted by atomic mass is 9.47. The van der Waals surface area contributed by atoms with Crippen LogP contribution in [0.15, 0.2) is 11.6 Å². The number of aliphatic hydroxyl groups is 2. The number of hydrogen-bond donors (Lipinski definition) is 2. The summed E-state index contributed by atoms with van der Waals surface area (Å²) in [5, 5.41) is 20.1. The monoisotopic (exact) mass is 430 g/mol. The Bertz CT molecular complexity index is 794. The second kappa shape index (κ2) is 6.58. The molecule has 0 aromatic heterocycles. The summed E-state index contributed by atoms with van der Waals surface area (Å²) >= 11 is 0. The molecular weight excluding hydrogens is 388 g/mol. The predicted molar refractivity (Wildman–Crippen MR) is 119 cm³/mol. The quantitative estimate of drug-likeness (QED) is 0.585. The van der Waals surface area contributed by atoms with Crippen LogP contribution in [-0.2, 0) is 9.47 Å². The van der Waals surface area contributed by atoms with Gasteiger partial charge in [0, 0.05) is 12.3 Å². The Labute approximate surface area is 187 Å². The summed E-state index contributed by atoms with van der Waals surface area (Å²) in [6.45, 7) is 9.57. The molecule has 6 rings (SSSR count). The summed E-state index contributed by atoms with van der Waals surface area (Å²) in [4.78, 5) is 0. The largest absolute Gasteiger partial charge is 0.393 e. The third kappa shape index (κ3) is 2.68. The Morgan fingerprint density at radius 3 is 2.61 bits per heavy atom. The fraction of sp³-hybridized carbons (Fsp3) is 0.926. The normalized spacial score (nSPS) is 60.3. The zero-order valence-corrected chi connectivity index (χ0v) is 19.9. The van der Waals surface area contributed by atoms with E-state index < -0.39 is 11.4 Å². The maximum atomic E-state index is 10.3. The average molecular weight is 431 g/mol. The zero-order valence-electron chi connectivity index (χ0n) is 19.9. The van der Waals surface area contributed by atoms with Crippen molar-refractivity contribution in [3.8, 4) is 0 Å². The first-order valence-electron chi connectivity index (χ1n) is 13.0.